The highest BCUT2D eigenvalue weighted by Gasteiger charge is 2.34. The molecule has 0 bridgehead atoms. The minimum absolute atomic E-state index is 0.148. The van der Waals surface area contributed by atoms with Crippen LogP contribution in [-0.2, 0) is 12.7 Å². The molecule has 0 aliphatic carbocycles. The van der Waals surface area contributed by atoms with Crippen LogP contribution in [0.15, 0.2) is 16.5 Å². The van der Waals surface area contributed by atoms with Gasteiger partial charge in [-0.15, -0.1) is 0 Å². The van der Waals surface area contributed by atoms with Gasteiger partial charge in [0.2, 0.25) is 5.76 Å². The molecule has 0 atom stereocenters. The molecular weight excluding hydrogens is 207 g/mol. The quantitative estimate of drug-likeness (QED) is 0.829. The molecule has 1 heterocycles. The molecule has 86 valence electrons. The summed E-state index contributed by atoms with van der Waals surface area (Å²) in [7, 11) is 0. The highest BCUT2D eigenvalue weighted by molar-refractivity contribution is 5.09. The Morgan fingerprint density at radius 1 is 1.20 bits per heavy atom. The van der Waals surface area contributed by atoms with Crippen LogP contribution in [0.2, 0.25) is 0 Å². The van der Waals surface area contributed by atoms with E-state index in [0.717, 1.165) is 6.07 Å². The van der Waals surface area contributed by atoms with Gasteiger partial charge in [-0.3, -0.25) is 0 Å². The Hall–Kier alpha value is -0.970. The largest absolute Gasteiger partial charge is 0.455 e. The van der Waals surface area contributed by atoms with E-state index < -0.39 is 11.9 Å². The average Bonchev–Trinajstić information content (AvgIpc) is 2.45. The van der Waals surface area contributed by atoms with E-state index in [-0.39, 0.29) is 11.3 Å². The van der Waals surface area contributed by atoms with Crippen molar-refractivity contribution in [3.63, 3.8) is 0 Å². The topological polar surface area (TPSA) is 25.2 Å². The van der Waals surface area contributed by atoms with Crippen LogP contribution < -0.4 is 5.32 Å². The lowest BCUT2D eigenvalue weighted by Gasteiger charge is -2.19. The Bertz CT molecular complexity index is 322. The third-order valence-electron chi connectivity index (χ3n) is 1.73. The summed E-state index contributed by atoms with van der Waals surface area (Å²) in [5.41, 5.74) is -0.148. The summed E-state index contributed by atoms with van der Waals surface area (Å²) in [6, 6.07) is 2.28. The van der Waals surface area contributed by atoms with Crippen LogP contribution in [0.3, 0.4) is 0 Å². The van der Waals surface area contributed by atoms with Crippen LogP contribution in [0.4, 0.5) is 13.2 Å². The molecule has 0 amide bonds. The third kappa shape index (κ3) is 3.95. The first-order valence-corrected chi connectivity index (χ1v) is 4.59. The molecule has 0 aliphatic rings. The smallest absolute Gasteiger partial charge is 0.449 e. The van der Waals surface area contributed by atoms with E-state index in [1.807, 2.05) is 20.8 Å². The highest BCUT2D eigenvalue weighted by Crippen LogP contribution is 2.30. The summed E-state index contributed by atoms with van der Waals surface area (Å²) in [6.07, 6.45) is -4.40. The monoisotopic (exact) mass is 221 g/mol. The van der Waals surface area contributed by atoms with Gasteiger partial charge in [-0.1, -0.05) is 0 Å². The van der Waals surface area contributed by atoms with E-state index in [2.05, 4.69) is 9.73 Å². The van der Waals surface area contributed by atoms with E-state index in [4.69, 9.17) is 0 Å². The molecule has 5 heteroatoms. The van der Waals surface area contributed by atoms with Crippen molar-refractivity contribution in [1.29, 1.82) is 0 Å². The van der Waals surface area contributed by atoms with Gasteiger partial charge in [-0.25, -0.2) is 0 Å². The molecule has 0 radical (unpaired) electrons. The number of halogens is 3. The van der Waals surface area contributed by atoms with Crippen LogP contribution in [0.1, 0.15) is 32.3 Å². The van der Waals surface area contributed by atoms with Crippen molar-refractivity contribution >= 4 is 0 Å². The molecular formula is C10H14F3NO. The van der Waals surface area contributed by atoms with Gasteiger partial charge in [-0.2, -0.15) is 13.2 Å². The van der Waals surface area contributed by atoms with Crippen molar-refractivity contribution in [3.05, 3.63) is 23.7 Å². The zero-order valence-corrected chi connectivity index (χ0v) is 8.90. The summed E-state index contributed by atoms with van der Waals surface area (Å²) >= 11 is 0. The summed E-state index contributed by atoms with van der Waals surface area (Å²) in [6.45, 7) is 6.08. The number of alkyl halides is 3. The number of hydrogen-bond donors (Lipinski definition) is 1. The molecule has 2 nitrogen and oxygen atoms in total. The molecule has 1 N–H and O–H groups in total. The number of furan rings is 1. The molecule has 1 aromatic heterocycles. The van der Waals surface area contributed by atoms with E-state index in [1.165, 1.54) is 6.07 Å². The lowest BCUT2D eigenvalue weighted by molar-refractivity contribution is -0.153. The molecule has 15 heavy (non-hydrogen) atoms. The van der Waals surface area contributed by atoms with Gasteiger partial charge in [0.1, 0.15) is 5.76 Å². The van der Waals surface area contributed by atoms with Crippen LogP contribution in [0.25, 0.3) is 0 Å². The van der Waals surface area contributed by atoms with Crippen molar-refractivity contribution in [3.8, 4) is 0 Å². The zero-order chi connectivity index (χ0) is 11.7. The summed E-state index contributed by atoms with van der Waals surface area (Å²) < 4.78 is 41.1. The fourth-order valence-electron chi connectivity index (χ4n) is 0.978. The Kier molecular flexibility index (Phi) is 3.13. The van der Waals surface area contributed by atoms with Crippen LogP contribution in [-0.4, -0.2) is 5.54 Å². The standard InChI is InChI=1S/C10H14F3NO/c1-9(2,3)14-6-7-4-5-8(15-7)10(11,12)13/h4-5,14H,6H2,1-3H3. The van der Waals surface area contributed by atoms with E-state index in [0.29, 0.717) is 6.54 Å². The van der Waals surface area contributed by atoms with Gasteiger partial charge < -0.3 is 9.73 Å². The van der Waals surface area contributed by atoms with Crippen molar-refractivity contribution in [2.45, 2.75) is 39.0 Å². The molecule has 0 fully saturated rings. The van der Waals surface area contributed by atoms with Gasteiger partial charge in [0.05, 0.1) is 6.54 Å². The maximum Gasteiger partial charge on any atom is 0.449 e. The SMILES string of the molecule is CC(C)(C)NCc1ccc(C(F)(F)F)o1. The van der Waals surface area contributed by atoms with E-state index in [9.17, 15) is 13.2 Å². The van der Waals surface area contributed by atoms with Gasteiger partial charge in [0.15, 0.2) is 0 Å². The molecule has 1 aromatic rings. The van der Waals surface area contributed by atoms with Crippen LogP contribution in [0, 0.1) is 0 Å². The summed E-state index contributed by atoms with van der Waals surface area (Å²) in [5.74, 6) is -0.662. The van der Waals surface area contributed by atoms with Gasteiger partial charge in [0, 0.05) is 5.54 Å². The number of rotatable bonds is 2. The zero-order valence-electron chi connectivity index (χ0n) is 8.90. The van der Waals surface area contributed by atoms with Crippen molar-refractivity contribution in [2.24, 2.45) is 0 Å². The summed E-state index contributed by atoms with van der Waals surface area (Å²) in [5, 5.41) is 3.04. The minimum atomic E-state index is -4.40. The maximum atomic E-state index is 12.2. The Balaban J connectivity index is 2.62. The average molecular weight is 221 g/mol. The number of nitrogens with one attached hydrogen (secondary N) is 1. The van der Waals surface area contributed by atoms with Crippen LogP contribution in [0.5, 0.6) is 0 Å². The molecule has 0 spiro atoms. The van der Waals surface area contributed by atoms with Gasteiger partial charge >= 0.3 is 6.18 Å². The molecule has 0 aliphatic heterocycles. The Labute approximate surface area is 86.5 Å². The van der Waals surface area contributed by atoms with Crippen molar-refractivity contribution in [1.82, 2.24) is 5.32 Å². The first kappa shape index (κ1) is 12.1. The Morgan fingerprint density at radius 3 is 2.20 bits per heavy atom. The lowest BCUT2D eigenvalue weighted by Crippen LogP contribution is -2.34. The fraction of sp³-hybridized carbons (Fsp3) is 0.600. The van der Waals surface area contributed by atoms with Crippen molar-refractivity contribution in [2.75, 3.05) is 0 Å². The fourth-order valence-corrected chi connectivity index (χ4v) is 0.978. The predicted octanol–water partition coefficient (Wildman–Crippen LogP) is 3.19. The number of hydrogen-bond acceptors (Lipinski definition) is 2. The van der Waals surface area contributed by atoms with E-state index >= 15 is 0 Å². The predicted molar refractivity (Wildman–Crippen MR) is 50.3 cm³/mol. The summed E-state index contributed by atoms with van der Waals surface area (Å²) in [4.78, 5) is 0. The second-order valence-electron chi connectivity index (χ2n) is 4.37. The van der Waals surface area contributed by atoms with Gasteiger partial charge in [-0.05, 0) is 32.9 Å². The lowest BCUT2D eigenvalue weighted by atomic mass is 10.1. The van der Waals surface area contributed by atoms with Gasteiger partial charge in [0.25, 0.3) is 0 Å². The Morgan fingerprint density at radius 2 is 1.80 bits per heavy atom. The first-order valence-electron chi connectivity index (χ1n) is 4.59. The molecule has 0 saturated carbocycles. The second kappa shape index (κ2) is 3.89. The molecule has 1 rings (SSSR count). The molecule has 0 aromatic carbocycles. The van der Waals surface area contributed by atoms with Crippen molar-refractivity contribution < 1.29 is 17.6 Å². The molecule has 0 unspecified atom stereocenters. The maximum absolute atomic E-state index is 12.2. The minimum Gasteiger partial charge on any atom is -0.455 e. The van der Waals surface area contributed by atoms with Crippen LogP contribution >= 0.6 is 0 Å². The third-order valence-corrected chi connectivity index (χ3v) is 1.73. The molecule has 0 saturated heterocycles. The first-order chi connectivity index (χ1) is 6.68. The normalized spacial score (nSPS) is 13.2. The highest BCUT2D eigenvalue weighted by atomic mass is 19.4. The second-order valence-corrected chi connectivity index (χ2v) is 4.37. The van der Waals surface area contributed by atoms with E-state index in [1.54, 1.807) is 0 Å².